The standard InChI is InChI=1S/C21H27FN4OS.2ClH/c1-14-11-17-20(26-9-8-25(2)16(13-26)5-4-10-27-3)23-19-12-15(22)6-7-18(19)24-21(17)28-14;;/h6-7,11-12,16,24H,4-5,8-10,13H2,1-3H3;2*1H/t16-;;/m0../s1. The molecule has 5 nitrogen and oxygen atoms in total. The lowest BCUT2D eigenvalue weighted by atomic mass is 10.1. The van der Waals surface area contributed by atoms with Crippen LogP contribution in [0, 0.1) is 12.7 Å². The number of aryl methyl sites for hydroxylation is 1. The van der Waals surface area contributed by atoms with Crippen molar-refractivity contribution in [2.24, 2.45) is 4.99 Å². The smallest absolute Gasteiger partial charge is 0.139 e. The molecule has 0 bridgehead atoms. The maximum atomic E-state index is 13.9. The number of nitrogens with one attached hydrogen (secondary N) is 1. The highest BCUT2D eigenvalue weighted by Crippen LogP contribution is 2.39. The van der Waals surface area contributed by atoms with Crippen LogP contribution in [0.4, 0.5) is 20.8 Å². The largest absolute Gasteiger partial charge is 0.385 e. The minimum Gasteiger partial charge on any atom is -0.385 e. The Kier molecular flexibility index (Phi) is 8.94. The third-order valence-electron chi connectivity index (χ3n) is 5.49. The summed E-state index contributed by atoms with van der Waals surface area (Å²) >= 11 is 1.72. The zero-order valence-electron chi connectivity index (χ0n) is 17.5. The summed E-state index contributed by atoms with van der Waals surface area (Å²) < 4.78 is 19.1. The summed E-state index contributed by atoms with van der Waals surface area (Å²) in [6.07, 6.45) is 2.14. The highest BCUT2D eigenvalue weighted by atomic mass is 35.5. The Morgan fingerprint density at radius 1 is 1.27 bits per heavy atom. The van der Waals surface area contributed by atoms with E-state index < -0.39 is 0 Å². The summed E-state index contributed by atoms with van der Waals surface area (Å²) in [6.45, 7) is 5.71. The van der Waals surface area contributed by atoms with Crippen molar-refractivity contribution in [3.05, 3.63) is 40.5 Å². The van der Waals surface area contributed by atoms with Gasteiger partial charge in [0.25, 0.3) is 0 Å². The number of ether oxygens (including phenoxy) is 1. The van der Waals surface area contributed by atoms with Crippen molar-refractivity contribution in [2.75, 3.05) is 45.7 Å². The molecule has 1 fully saturated rings. The molecule has 0 unspecified atom stereocenters. The molecule has 1 saturated heterocycles. The first-order valence-corrected chi connectivity index (χ1v) is 10.6. The highest BCUT2D eigenvalue weighted by molar-refractivity contribution is 7.16. The van der Waals surface area contributed by atoms with Crippen LogP contribution in [0.5, 0.6) is 0 Å². The zero-order valence-corrected chi connectivity index (χ0v) is 19.9. The van der Waals surface area contributed by atoms with Crippen LogP contribution in [0.1, 0.15) is 23.3 Å². The summed E-state index contributed by atoms with van der Waals surface area (Å²) in [6, 6.07) is 7.41. The monoisotopic (exact) mass is 474 g/mol. The average molecular weight is 475 g/mol. The first kappa shape index (κ1) is 24.9. The molecule has 4 rings (SSSR count). The predicted octanol–water partition coefficient (Wildman–Crippen LogP) is 5.22. The van der Waals surface area contributed by atoms with Gasteiger partial charge in [-0.05, 0) is 45.0 Å². The Hall–Kier alpha value is -1.38. The van der Waals surface area contributed by atoms with Crippen molar-refractivity contribution in [3.63, 3.8) is 0 Å². The second-order valence-electron chi connectivity index (χ2n) is 7.54. The second-order valence-corrected chi connectivity index (χ2v) is 8.79. The molecule has 2 aliphatic heterocycles. The van der Waals surface area contributed by atoms with Gasteiger partial charge in [0.05, 0.1) is 16.9 Å². The molecule has 9 heteroatoms. The van der Waals surface area contributed by atoms with E-state index in [4.69, 9.17) is 9.73 Å². The molecular weight excluding hydrogens is 446 g/mol. The molecule has 0 saturated carbocycles. The number of anilines is 2. The molecular formula is C21H29Cl2FN4OS. The van der Waals surface area contributed by atoms with Gasteiger partial charge >= 0.3 is 0 Å². The number of hydrogen-bond donors (Lipinski definition) is 1. The first-order chi connectivity index (χ1) is 13.5. The fourth-order valence-electron chi connectivity index (χ4n) is 3.93. The summed E-state index contributed by atoms with van der Waals surface area (Å²) in [5.74, 6) is 0.682. The summed E-state index contributed by atoms with van der Waals surface area (Å²) in [7, 11) is 3.94. The maximum Gasteiger partial charge on any atom is 0.139 e. The fraction of sp³-hybridized carbons (Fsp3) is 0.476. The van der Waals surface area contributed by atoms with E-state index in [-0.39, 0.29) is 30.6 Å². The van der Waals surface area contributed by atoms with Crippen LogP contribution in [-0.2, 0) is 4.74 Å². The number of rotatable bonds is 4. The second kappa shape index (κ2) is 10.8. The normalized spacial score (nSPS) is 18.2. The van der Waals surface area contributed by atoms with Crippen LogP contribution < -0.4 is 5.32 Å². The van der Waals surface area contributed by atoms with Crippen molar-refractivity contribution < 1.29 is 9.13 Å². The van der Waals surface area contributed by atoms with Crippen molar-refractivity contribution in [2.45, 2.75) is 25.8 Å². The van der Waals surface area contributed by atoms with Crippen LogP contribution in [0.3, 0.4) is 0 Å². The van der Waals surface area contributed by atoms with Crippen molar-refractivity contribution in [3.8, 4) is 0 Å². The maximum absolute atomic E-state index is 13.9. The van der Waals surface area contributed by atoms with E-state index in [0.29, 0.717) is 11.7 Å². The molecule has 3 heterocycles. The number of nitrogens with zero attached hydrogens (tertiary/aromatic N) is 3. The van der Waals surface area contributed by atoms with Crippen LogP contribution in [0.15, 0.2) is 29.3 Å². The molecule has 0 radical (unpaired) electrons. The lowest BCUT2D eigenvalue weighted by molar-refractivity contribution is 0.119. The Balaban J connectivity index is 0.00000160. The van der Waals surface area contributed by atoms with E-state index in [1.165, 1.54) is 17.0 Å². The average Bonchev–Trinajstić information content (AvgIpc) is 2.96. The predicted molar refractivity (Wildman–Crippen MR) is 129 cm³/mol. The number of methoxy groups -OCH3 is 1. The fourth-order valence-corrected chi connectivity index (χ4v) is 4.85. The molecule has 1 N–H and O–H groups in total. The van der Waals surface area contributed by atoms with Crippen molar-refractivity contribution in [1.82, 2.24) is 9.80 Å². The van der Waals surface area contributed by atoms with E-state index in [1.807, 2.05) is 0 Å². The Morgan fingerprint density at radius 2 is 2.07 bits per heavy atom. The van der Waals surface area contributed by atoms with Gasteiger partial charge in [-0.15, -0.1) is 36.2 Å². The van der Waals surface area contributed by atoms with Gasteiger partial charge in [0.15, 0.2) is 0 Å². The molecule has 2 aromatic rings. The molecule has 0 amide bonds. The number of benzene rings is 1. The number of piperazine rings is 1. The van der Waals surface area contributed by atoms with Gasteiger partial charge < -0.3 is 15.0 Å². The number of fused-ring (bicyclic) bond motifs is 2. The number of thiophene rings is 1. The first-order valence-electron chi connectivity index (χ1n) is 9.75. The van der Waals surface area contributed by atoms with Gasteiger partial charge in [-0.25, -0.2) is 9.38 Å². The van der Waals surface area contributed by atoms with Gasteiger partial charge in [-0.2, -0.15) is 0 Å². The molecule has 1 aromatic heterocycles. The molecule has 1 atom stereocenters. The van der Waals surface area contributed by atoms with Crippen molar-refractivity contribution >= 4 is 58.4 Å². The zero-order chi connectivity index (χ0) is 19.7. The van der Waals surface area contributed by atoms with E-state index >= 15 is 0 Å². The van der Waals surface area contributed by atoms with Crippen LogP contribution in [0.25, 0.3) is 0 Å². The third kappa shape index (κ3) is 5.26. The van der Waals surface area contributed by atoms with Crippen LogP contribution in [-0.4, -0.2) is 62.1 Å². The van der Waals surface area contributed by atoms with Gasteiger partial charge in [-0.1, -0.05) is 0 Å². The molecule has 2 aliphatic rings. The molecule has 0 spiro atoms. The van der Waals surface area contributed by atoms with Crippen LogP contribution >= 0.6 is 36.2 Å². The lowest BCUT2D eigenvalue weighted by Gasteiger charge is -2.41. The molecule has 0 aliphatic carbocycles. The number of hydrogen-bond acceptors (Lipinski definition) is 6. The quantitative estimate of drug-likeness (QED) is 0.616. The van der Waals surface area contributed by atoms with Gasteiger partial charge in [-0.3, -0.25) is 4.90 Å². The van der Waals surface area contributed by atoms with Crippen LogP contribution in [0.2, 0.25) is 0 Å². The van der Waals surface area contributed by atoms with Crippen molar-refractivity contribution in [1.29, 1.82) is 0 Å². The Morgan fingerprint density at radius 3 is 2.83 bits per heavy atom. The molecule has 30 heavy (non-hydrogen) atoms. The number of aliphatic imine (C=N–C) groups is 1. The van der Waals surface area contributed by atoms with Gasteiger partial charge in [0.2, 0.25) is 0 Å². The third-order valence-corrected chi connectivity index (χ3v) is 6.46. The molecule has 166 valence electrons. The Bertz CT molecular complexity index is 892. The lowest BCUT2D eigenvalue weighted by Crippen LogP contribution is -2.53. The Labute approximate surface area is 194 Å². The van der Waals surface area contributed by atoms with E-state index in [1.54, 1.807) is 24.5 Å². The van der Waals surface area contributed by atoms with E-state index in [0.717, 1.165) is 61.2 Å². The SMILES string of the molecule is COCCC[C@H]1CN(C2=Nc3cc(F)ccc3Nc3sc(C)cc32)CCN1C.Cl.Cl. The summed E-state index contributed by atoms with van der Waals surface area (Å²) in [5, 5.41) is 4.55. The van der Waals surface area contributed by atoms with Gasteiger partial charge in [0.1, 0.15) is 16.7 Å². The summed E-state index contributed by atoms with van der Waals surface area (Å²) in [5.41, 5.74) is 2.62. The summed E-state index contributed by atoms with van der Waals surface area (Å²) in [4.78, 5) is 11.0. The molecule has 1 aromatic carbocycles. The topological polar surface area (TPSA) is 40.1 Å². The minimum atomic E-state index is -0.263. The minimum absolute atomic E-state index is 0. The highest BCUT2D eigenvalue weighted by Gasteiger charge is 2.29. The van der Waals surface area contributed by atoms with Gasteiger partial charge in [0, 0.05) is 50.3 Å². The number of amidine groups is 1. The van der Waals surface area contributed by atoms with E-state index in [9.17, 15) is 4.39 Å². The number of halogens is 3. The number of likely N-dealkylation sites (N-methyl/N-ethyl adjacent to an activating group) is 1. The van der Waals surface area contributed by atoms with E-state index in [2.05, 4.69) is 35.2 Å².